The Hall–Kier alpha value is -1.42. The van der Waals surface area contributed by atoms with Gasteiger partial charge in [-0.05, 0) is 42.2 Å². The smallest absolute Gasteiger partial charge is 0.243 e. The molecule has 1 saturated carbocycles. The Bertz CT molecular complexity index is 728. The first-order valence-electron chi connectivity index (χ1n) is 11.4. The number of aliphatic hydroxyl groups excluding tert-OH is 1. The van der Waals surface area contributed by atoms with Crippen molar-refractivity contribution in [2.75, 3.05) is 31.0 Å². The second kappa shape index (κ2) is 13.3. The molecule has 0 aromatic heterocycles. The molecule has 0 bridgehead atoms. The lowest BCUT2D eigenvalue weighted by molar-refractivity contribution is -0.129. The van der Waals surface area contributed by atoms with Gasteiger partial charge in [-0.15, -0.1) is 11.8 Å². The van der Waals surface area contributed by atoms with Crippen LogP contribution in [-0.4, -0.2) is 65.4 Å². The van der Waals surface area contributed by atoms with Crippen LogP contribution in [0.3, 0.4) is 0 Å². The van der Waals surface area contributed by atoms with E-state index in [0.717, 1.165) is 17.1 Å². The molecular formula is C23H35N3O4S2. The number of methoxy groups -OCH3 is 1. The molecule has 1 aromatic rings. The molecule has 2 amide bonds. The zero-order valence-corrected chi connectivity index (χ0v) is 20.3. The molecule has 9 heteroatoms. The predicted molar refractivity (Wildman–Crippen MR) is 131 cm³/mol. The van der Waals surface area contributed by atoms with Gasteiger partial charge in [0, 0.05) is 18.1 Å². The molecule has 32 heavy (non-hydrogen) atoms. The Labute approximate surface area is 199 Å². The highest BCUT2D eigenvalue weighted by Crippen LogP contribution is 2.27. The van der Waals surface area contributed by atoms with Crippen molar-refractivity contribution in [3.05, 3.63) is 29.8 Å². The molecule has 1 aromatic carbocycles. The Kier molecular flexibility index (Phi) is 10.5. The number of aliphatic hydroxyl groups is 1. The van der Waals surface area contributed by atoms with Crippen molar-refractivity contribution < 1.29 is 19.4 Å². The highest BCUT2D eigenvalue weighted by atomic mass is 32.2. The Balaban J connectivity index is 1.53. The van der Waals surface area contributed by atoms with Crippen LogP contribution in [0, 0.1) is 5.92 Å². The average Bonchev–Trinajstić information content (AvgIpc) is 3.32. The lowest BCUT2D eigenvalue weighted by Crippen LogP contribution is -2.53. The monoisotopic (exact) mass is 481 g/mol. The summed E-state index contributed by atoms with van der Waals surface area (Å²) in [4.78, 5) is 25.7. The van der Waals surface area contributed by atoms with E-state index in [-0.39, 0.29) is 23.8 Å². The number of carbonyl (C=O) groups excluding carboxylic acids is 2. The van der Waals surface area contributed by atoms with E-state index in [1.54, 1.807) is 18.9 Å². The largest absolute Gasteiger partial charge is 0.497 e. The van der Waals surface area contributed by atoms with E-state index in [1.807, 2.05) is 24.3 Å². The number of amides is 2. The number of nitrogens with one attached hydrogen (secondary N) is 3. The fourth-order valence-corrected chi connectivity index (χ4v) is 6.32. The number of hydrogen-bond acceptors (Lipinski definition) is 7. The Morgan fingerprint density at radius 2 is 2.00 bits per heavy atom. The van der Waals surface area contributed by atoms with Gasteiger partial charge in [-0.1, -0.05) is 31.4 Å². The lowest BCUT2D eigenvalue weighted by atomic mass is 9.91. The van der Waals surface area contributed by atoms with Crippen molar-refractivity contribution in [3.8, 4) is 5.75 Å². The van der Waals surface area contributed by atoms with Gasteiger partial charge in [0.05, 0.1) is 25.1 Å². The van der Waals surface area contributed by atoms with Gasteiger partial charge >= 0.3 is 0 Å². The van der Waals surface area contributed by atoms with Crippen LogP contribution in [0.1, 0.15) is 37.7 Å². The van der Waals surface area contributed by atoms with Gasteiger partial charge in [0.2, 0.25) is 11.8 Å². The molecule has 2 aliphatic rings. The molecule has 7 nitrogen and oxygen atoms in total. The van der Waals surface area contributed by atoms with Crippen molar-refractivity contribution in [1.29, 1.82) is 0 Å². The first-order valence-corrected chi connectivity index (χ1v) is 13.6. The van der Waals surface area contributed by atoms with E-state index in [2.05, 4.69) is 16.0 Å². The van der Waals surface area contributed by atoms with Gasteiger partial charge in [0.25, 0.3) is 0 Å². The first-order chi connectivity index (χ1) is 15.6. The number of benzene rings is 1. The number of ether oxygens (including phenoxy) is 1. The minimum absolute atomic E-state index is 0.0164. The third kappa shape index (κ3) is 7.86. The highest BCUT2D eigenvalue weighted by molar-refractivity contribution is 8.00. The minimum Gasteiger partial charge on any atom is -0.497 e. The summed E-state index contributed by atoms with van der Waals surface area (Å²) < 4.78 is 5.17. The molecule has 2 fully saturated rings. The van der Waals surface area contributed by atoms with Gasteiger partial charge in [-0.2, -0.15) is 11.8 Å². The van der Waals surface area contributed by atoms with Crippen LogP contribution in [0.4, 0.5) is 0 Å². The van der Waals surface area contributed by atoms with Crippen LogP contribution >= 0.6 is 23.5 Å². The normalized spacial score (nSPS) is 22.3. The van der Waals surface area contributed by atoms with Crippen LogP contribution in [-0.2, 0) is 16.1 Å². The fraction of sp³-hybridized carbons (Fsp3) is 0.652. The van der Waals surface area contributed by atoms with Gasteiger partial charge in [-0.25, -0.2) is 0 Å². The molecule has 178 valence electrons. The molecule has 3 rings (SSSR count). The molecule has 1 heterocycles. The maximum absolute atomic E-state index is 13.0. The number of thioether (sulfide) groups is 2. The minimum atomic E-state index is -0.589. The maximum atomic E-state index is 13.0. The quantitative estimate of drug-likeness (QED) is 0.384. The van der Waals surface area contributed by atoms with Crippen molar-refractivity contribution in [2.24, 2.45) is 5.92 Å². The molecule has 1 unspecified atom stereocenters. The molecule has 0 spiro atoms. The van der Waals surface area contributed by atoms with Crippen LogP contribution in [0.2, 0.25) is 0 Å². The zero-order valence-electron chi connectivity index (χ0n) is 18.7. The van der Waals surface area contributed by atoms with Gasteiger partial charge in [-0.3, -0.25) is 14.9 Å². The van der Waals surface area contributed by atoms with Crippen molar-refractivity contribution in [2.45, 2.75) is 56.1 Å². The molecule has 1 aliphatic carbocycles. The van der Waals surface area contributed by atoms with Gasteiger partial charge in [0.15, 0.2) is 0 Å². The summed E-state index contributed by atoms with van der Waals surface area (Å²) in [5.74, 6) is 3.30. The summed E-state index contributed by atoms with van der Waals surface area (Å²) in [7, 11) is 1.62. The summed E-state index contributed by atoms with van der Waals surface area (Å²) >= 11 is 3.28. The molecule has 1 aliphatic heterocycles. The SMILES string of the molecule is COc1ccc(CNC(=O)[C@H](CSCC2CCCCC2)NC(=O)[C@@H]2CSC(CO)N2)cc1. The van der Waals surface area contributed by atoms with Gasteiger partial charge in [0.1, 0.15) is 11.8 Å². The molecule has 0 radical (unpaired) electrons. The van der Waals surface area contributed by atoms with Crippen LogP contribution in [0.25, 0.3) is 0 Å². The van der Waals surface area contributed by atoms with Crippen LogP contribution in [0.5, 0.6) is 5.75 Å². The predicted octanol–water partition coefficient (Wildman–Crippen LogP) is 2.13. The van der Waals surface area contributed by atoms with E-state index in [4.69, 9.17) is 4.74 Å². The molecule has 3 atom stereocenters. The summed E-state index contributed by atoms with van der Waals surface area (Å²) in [6.45, 7) is 0.379. The number of carbonyl (C=O) groups is 2. The van der Waals surface area contributed by atoms with E-state index >= 15 is 0 Å². The van der Waals surface area contributed by atoms with Crippen molar-refractivity contribution in [1.82, 2.24) is 16.0 Å². The summed E-state index contributed by atoms with van der Waals surface area (Å²) in [6.07, 6.45) is 6.45. The lowest BCUT2D eigenvalue weighted by Gasteiger charge is -2.23. The number of rotatable bonds is 11. The third-order valence-electron chi connectivity index (χ3n) is 5.96. The fourth-order valence-electron chi connectivity index (χ4n) is 4.01. The van der Waals surface area contributed by atoms with Crippen molar-refractivity contribution >= 4 is 35.3 Å². The van der Waals surface area contributed by atoms with Crippen LogP contribution < -0.4 is 20.7 Å². The number of hydrogen-bond donors (Lipinski definition) is 4. The summed E-state index contributed by atoms with van der Waals surface area (Å²) in [5, 5.41) is 18.2. The zero-order chi connectivity index (χ0) is 22.8. The molecule has 4 N–H and O–H groups in total. The molecule has 1 saturated heterocycles. The topological polar surface area (TPSA) is 99.7 Å². The summed E-state index contributed by atoms with van der Waals surface area (Å²) in [5.41, 5.74) is 0.971. The standard InChI is InChI=1S/C23H35N3O4S2/c1-30-18-9-7-16(8-10-18)11-24-22(28)19(14-31-13-17-5-3-2-4-6-17)26-23(29)20-15-32-21(12-27)25-20/h7-10,17,19-21,25,27H,2-6,11-15H2,1H3,(H,24,28)(H,26,29)/t19-,20-,21?/m0/s1. The van der Waals surface area contributed by atoms with Gasteiger partial charge < -0.3 is 20.5 Å². The average molecular weight is 482 g/mol. The molecular weight excluding hydrogens is 446 g/mol. The van der Waals surface area contributed by atoms with E-state index in [9.17, 15) is 14.7 Å². The van der Waals surface area contributed by atoms with Crippen LogP contribution in [0.15, 0.2) is 24.3 Å². The Morgan fingerprint density at radius 3 is 2.66 bits per heavy atom. The van der Waals surface area contributed by atoms with E-state index in [0.29, 0.717) is 24.0 Å². The Morgan fingerprint density at radius 1 is 1.25 bits per heavy atom. The van der Waals surface area contributed by atoms with E-state index < -0.39 is 12.1 Å². The maximum Gasteiger partial charge on any atom is 0.243 e. The summed E-state index contributed by atoms with van der Waals surface area (Å²) in [6, 6.07) is 6.58. The first kappa shape index (κ1) is 25.2. The second-order valence-electron chi connectivity index (χ2n) is 8.39. The van der Waals surface area contributed by atoms with Crippen molar-refractivity contribution in [3.63, 3.8) is 0 Å². The third-order valence-corrected chi connectivity index (χ3v) is 8.44. The highest BCUT2D eigenvalue weighted by Gasteiger charge is 2.32. The van der Waals surface area contributed by atoms with E-state index in [1.165, 1.54) is 43.9 Å². The second-order valence-corrected chi connectivity index (χ2v) is 10.7.